The van der Waals surface area contributed by atoms with Crippen LogP contribution in [0.3, 0.4) is 0 Å². The average Bonchev–Trinajstić information content (AvgIpc) is 2.46. The Kier molecular flexibility index (Phi) is 4.17. The van der Waals surface area contributed by atoms with Crippen LogP contribution in [0.4, 0.5) is 0 Å². The van der Waals surface area contributed by atoms with Crippen molar-refractivity contribution in [2.45, 2.75) is 6.04 Å². The molecule has 2 rings (SSSR count). The standard InChI is InChI=1S/C15H12ClNO3/c16-12-6-4-9(5-7-12)14(18)11-3-1-2-10(8-11)13(17)15(19)20/h1-8,13H,17H2,(H,19,20). The molecule has 1 atom stereocenters. The number of nitrogens with two attached hydrogens (primary N) is 1. The highest BCUT2D eigenvalue weighted by Crippen LogP contribution is 2.17. The SMILES string of the molecule is NC(C(=O)O)c1cccc(C(=O)c2ccc(Cl)cc2)c1. The molecule has 20 heavy (non-hydrogen) atoms. The lowest BCUT2D eigenvalue weighted by atomic mass is 9.99. The van der Waals surface area contributed by atoms with Crippen molar-refractivity contribution in [1.29, 1.82) is 0 Å². The Labute approximate surface area is 120 Å². The first kappa shape index (κ1) is 14.2. The van der Waals surface area contributed by atoms with E-state index in [0.717, 1.165) is 0 Å². The van der Waals surface area contributed by atoms with Crippen molar-refractivity contribution < 1.29 is 14.7 Å². The fourth-order valence-electron chi connectivity index (χ4n) is 1.78. The van der Waals surface area contributed by atoms with E-state index in [2.05, 4.69) is 0 Å². The molecule has 102 valence electrons. The molecule has 2 aromatic rings. The fourth-order valence-corrected chi connectivity index (χ4v) is 1.91. The van der Waals surface area contributed by atoms with Crippen LogP contribution < -0.4 is 5.73 Å². The van der Waals surface area contributed by atoms with E-state index in [-0.39, 0.29) is 5.78 Å². The zero-order valence-electron chi connectivity index (χ0n) is 10.4. The third kappa shape index (κ3) is 3.04. The van der Waals surface area contributed by atoms with Gasteiger partial charge in [0.25, 0.3) is 0 Å². The number of rotatable bonds is 4. The Balaban J connectivity index is 2.33. The summed E-state index contributed by atoms with van der Waals surface area (Å²) in [7, 11) is 0. The summed E-state index contributed by atoms with van der Waals surface area (Å²) in [4.78, 5) is 23.1. The Morgan fingerprint density at radius 3 is 2.30 bits per heavy atom. The normalized spacial score (nSPS) is 11.9. The van der Waals surface area contributed by atoms with Crippen molar-refractivity contribution >= 4 is 23.4 Å². The summed E-state index contributed by atoms with van der Waals surface area (Å²) in [5, 5.41) is 9.43. The van der Waals surface area contributed by atoms with Gasteiger partial charge in [0.05, 0.1) is 0 Å². The van der Waals surface area contributed by atoms with Gasteiger partial charge in [-0.2, -0.15) is 0 Å². The second-order valence-electron chi connectivity index (χ2n) is 4.28. The molecule has 3 N–H and O–H groups in total. The van der Waals surface area contributed by atoms with Gasteiger partial charge in [0.1, 0.15) is 6.04 Å². The molecule has 1 unspecified atom stereocenters. The first-order valence-corrected chi connectivity index (χ1v) is 6.25. The molecule has 0 radical (unpaired) electrons. The van der Waals surface area contributed by atoms with Crippen LogP contribution in [0.1, 0.15) is 27.5 Å². The molecule has 0 aliphatic heterocycles. The Morgan fingerprint density at radius 1 is 1.05 bits per heavy atom. The summed E-state index contributed by atoms with van der Waals surface area (Å²) in [6.07, 6.45) is 0. The second-order valence-corrected chi connectivity index (χ2v) is 4.71. The summed E-state index contributed by atoms with van der Waals surface area (Å²) >= 11 is 5.77. The minimum atomic E-state index is -1.15. The van der Waals surface area contributed by atoms with E-state index in [0.29, 0.717) is 21.7 Å². The molecule has 5 heteroatoms. The van der Waals surface area contributed by atoms with Gasteiger partial charge in [-0.05, 0) is 35.9 Å². The summed E-state index contributed by atoms with van der Waals surface area (Å²) in [6, 6.07) is 11.7. The van der Waals surface area contributed by atoms with Crippen molar-refractivity contribution in [2.24, 2.45) is 5.73 Å². The van der Waals surface area contributed by atoms with Gasteiger partial charge in [-0.25, -0.2) is 0 Å². The number of hydrogen-bond donors (Lipinski definition) is 2. The highest BCUT2D eigenvalue weighted by atomic mass is 35.5. The van der Waals surface area contributed by atoms with Crippen LogP contribution in [-0.2, 0) is 4.79 Å². The van der Waals surface area contributed by atoms with Crippen LogP contribution in [-0.4, -0.2) is 16.9 Å². The minimum Gasteiger partial charge on any atom is -0.480 e. The van der Waals surface area contributed by atoms with E-state index in [1.165, 1.54) is 6.07 Å². The smallest absolute Gasteiger partial charge is 0.325 e. The lowest BCUT2D eigenvalue weighted by Crippen LogP contribution is -2.20. The largest absolute Gasteiger partial charge is 0.480 e. The number of halogens is 1. The maximum Gasteiger partial charge on any atom is 0.325 e. The van der Waals surface area contributed by atoms with Gasteiger partial charge < -0.3 is 10.8 Å². The number of benzene rings is 2. The van der Waals surface area contributed by atoms with E-state index in [9.17, 15) is 9.59 Å². The summed E-state index contributed by atoms with van der Waals surface area (Å²) < 4.78 is 0. The predicted molar refractivity (Wildman–Crippen MR) is 75.9 cm³/mol. The number of ketones is 1. The molecular formula is C15H12ClNO3. The average molecular weight is 290 g/mol. The van der Waals surface area contributed by atoms with E-state index in [1.807, 2.05) is 0 Å². The van der Waals surface area contributed by atoms with Crippen molar-refractivity contribution in [3.05, 3.63) is 70.2 Å². The third-order valence-corrected chi connectivity index (χ3v) is 3.13. The number of carbonyl (C=O) groups excluding carboxylic acids is 1. The van der Waals surface area contributed by atoms with E-state index in [1.54, 1.807) is 42.5 Å². The van der Waals surface area contributed by atoms with Gasteiger partial charge in [-0.3, -0.25) is 9.59 Å². The van der Waals surface area contributed by atoms with E-state index >= 15 is 0 Å². The molecule has 0 heterocycles. The van der Waals surface area contributed by atoms with Gasteiger partial charge in [-0.15, -0.1) is 0 Å². The van der Waals surface area contributed by atoms with Crippen molar-refractivity contribution in [3.63, 3.8) is 0 Å². The van der Waals surface area contributed by atoms with Crippen molar-refractivity contribution in [3.8, 4) is 0 Å². The van der Waals surface area contributed by atoms with Crippen molar-refractivity contribution in [1.82, 2.24) is 0 Å². The zero-order valence-corrected chi connectivity index (χ0v) is 11.2. The van der Waals surface area contributed by atoms with Gasteiger partial charge >= 0.3 is 5.97 Å². The van der Waals surface area contributed by atoms with E-state index < -0.39 is 12.0 Å². The monoisotopic (exact) mass is 289 g/mol. The van der Waals surface area contributed by atoms with Crippen LogP contribution in [0.2, 0.25) is 5.02 Å². The number of carboxylic acid groups (broad SMARTS) is 1. The highest BCUT2D eigenvalue weighted by molar-refractivity contribution is 6.30. The summed E-state index contributed by atoms with van der Waals surface area (Å²) in [5.41, 5.74) is 6.80. The summed E-state index contributed by atoms with van der Waals surface area (Å²) in [5.74, 6) is -1.35. The van der Waals surface area contributed by atoms with Crippen LogP contribution >= 0.6 is 11.6 Å². The fraction of sp³-hybridized carbons (Fsp3) is 0.0667. The van der Waals surface area contributed by atoms with Gasteiger partial charge in [0.15, 0.2) is 5.78 Å². The van der Waals surface area contributed by atoms with Gasteiger partial charge in [0, 0.05) is 16.1 Å². The van der Waals surface area contributed by atoms with Crippen LogP contribution in [0.25, 0.3) is 0 Å². The summed E-state index contributed by atoms with van der Waals surface area (Å²) in [6.45, 7) is 0. The molecule has 0 aliphatic rings. The maximum absolute atomic E-state index is 12.3. The van der Waals surface area contributed by atoms with Gasteiger partial charge in [0.2, 0.25) is 0 Å². The zero-order chi connectivity index (χ0) is 14.7. The number of carboxylic acids is 1. The third-order valence-electron chi connectivity index (χ3n) is 2.88. The van der Waals surface area contributed by atoms with Gasteiger partial charge in [-0.1, -0.05) is 29.8 Å². The number of hydrogen-bond acceptors (Lipinski definition) is 3. The topological polar surface area (TPSA) is 80.4 Å². The molecule has 0 fully saturated rings. The Bertz CT molecular complexity index is 652. The van der Waals surface area contributed by atoms with Crippen LogP contribution in [0, 0.1) is 0 Å². The second kappa shape index (κ2) is 5.86. The van der Waals surface area contributed by atoms with Crippen LogP contribution in [0.5, 0.6) is 0 Å². The Morgan fingerprint density at radius 2 is 1.70 bits per heavy atom. The number of carbonyl (C=O) groups is 2. The van der Waals surface area contributed by atoms with Crippen molar-refractivity contribution in [2.75, 3.05) is 0 Å². The molecule has 4 nitrogen and oxygen atoms in total. The molecule has 0 aliphatic carbocycles. The minimum absolute atomic E-state index is 0.207. The molecule has 0 bridgehead atoms. The lowest BCUT2D eigenvalue weighted by molar-refractivity contribution is -0.138. The highest BCUT2D eigenvalue weighted by Gasteiger charge is 2.16. The molecule has 0 saturated heterocycles. The molecule has 0 saturated carbocycles. The van der Waals surface area contributed by atoms with Crippen LogP contribution in [0.15, 0.2) is 48.5 Å². The molecule has 0 amide bonds. The molecule has 0 spiro atoms. The Hall–Kier alpha value is -2.17. The quantitative estimate of drug-likeness (QED) is 0.848. The number of aliphatic carboxylic acids is 1. The first-order valence-electron chi connectivity index (χ1n) is 5.87. The molecular weight excluding hydrogens is 278 g/mol. The first-order chi connectivity index (χ1) is 9.49. The lowest BCUT2D eigenvalue weighted by Gasteiger charge is -2.08. The predicted octanol–water partition coefficient (Wildman–Crippen LogP) is 2.66. The maximum atomic E-state index is 12.3. The molecule has 0 aromatic heterocycles. The molecule has 2 aromatic carbocycles. The van der Waals surface area contributed by atoms with E-state index in [4.69, 9.17) is 22.4 Å².